The van der Waals surface area contributed by atoms with Crippen molar-refractivity contribution in [3.63, 3.8) is 0 Å². The first-order valence-electron chi connectivity index (χ1n) is 8.07. The molecule has 0 amide bonds. The van der Waals surface area contributed by atoms with E-state index in [9.17, 15) is 10.4 Å². The molecule has 0 saturated carbocycles. The Kier molecular flexibility index (Phi) is 4.83. The third-order valence-electron chi connectivity index (χ3n) is 4.42. The zero-order valence-electron chi connectivity index (χ0n) is 14.0. The van der Waals surface area contributed by atoms with Gasteiger partial charge in [0.1, 0.15) is 17.3 Å². The number of nitrogens with zero attached hydrogens (tertiary/aromatic N) is 1. The Hall–Kier alpha value is -3.09. The minimum Gasteiger partial charge on any atom is -0.497 e. The van der Waals surface area contributed by atoms with Gasteiger partial charge in [0, 0.05) is 0 Å². The van der Waals surface area contributed by atoms with Gasteiger partial charge in [0.15, 0.2) is 0 Å². The molecule has 3 aromatic carbocycles. The lowest BCUT2D eigenvalue weighted by molar-refractivity contribution is 0.0672. The van der Waals surface area contributed by atoms with Crippen LogP contribution in [0.1, 0.15) is 22.6 Å². The quantitative estimate of drug-likeness (QED) is 0.762. The Labute approximate surface area is 147 Å². The fraction of sp³-hybridized carbons (Fsp3) is 0.136. The van der Waals surface area contributed by atoms with Gasteiger partial charge < -0.3 is 9.84 Å². The molecule has 0 saturated heterocycles. The molecule has 124 valence electrons. The topological polar surface area (TPSA) is 53.2 Å². The fourth-order valence-corrected chi connectivity index (χ4v) is 3.09. The molecule has 0 bridgehead atoms. The van der Waals surface area contributed by atoms with Crippen LogP contribution in [0.5, 0.6) is 5.75 Å². The number of hydrogen-bond acceptors (Lipinski definition) is 3. The first-order chi connectivity index (χ1) is 12.2. The maximum absolute atomic E-state index is 11.7. The molecule has 0 radical (unpaired) electrons. The third-order valence-corrected chi connectivity index (χ3v) is 4.42. The Bertz CT molecular complexity index is 813. The summed E-state index contributed by atoms with van der Waals surface area (Å²) in [6, 6.07) is 28.2. The van der Waals surface area contributed by atoms with Crippen molar-refractivity contribution < 1.29 is 9.84 Å². The zero-order chi connectivity index (χ0) is 17.7. The van der Waals surface area contributed by atoms with Gasteiger partial charge in [-0.15, -0.1) is 0 Å². The molecule has 0 fully saturated rings. The van der Waals surface area contributed by atoms with Gasteiger partial charge in [0.2, 0.25) is 0 Å². The summed E-state index contributed by atoms with van der Waals surface area (Å²) in [4.78, 5) is 0. The smallest absolute Gasteiger partial charge is 0.134 e. The van der Waals surface area contributed by atoms with E-state index in [0.29, 0.717) is 16.9 Å². The maximum atomic E-state index is 11.7. The van der Waals surface area contributed by atoms with Crippen LogP contribution in [0.2, 0.25) is 0 Å². The van der Waals surface area contributed by atoms with Crippen LogP contribution < -0.4 is 4.74 Å². The van der Waals surface area contributed by atoms with Crippen LogP contribution in [-0.2, 0) is 5.60 Å². The lowest BCUT2D eigenvalue weighted by atomic mass is 9.73. The van der Waals surface area contributed by atoms with Crippen LogP contribution in [0, 0.1) is 11.3 Å². The second-order valence-corrected chi connectivity index (χ2v) is 5.83. The van der Waals surface area contributed by atoms with Gasteiger partial charge in [-0.3, -0.25) is 0 Å². The summed E-state index contributed by atoms with van der Waals surface area (Å²) in [6.07, 6.45) is 0. The molecule has 3 rings (SSSR count). The summed E-state index contributed by atoms with van der Waals surface area (Å²) in [6.45, 7) is 0. The molecule has 3 nitrogen and oxygen atoms in total. The van der Waals surface area contributed by atoms with E-state index in [1.807, 2.05) is 72.8 Å². The predicted octanol–water partition coefficient (Wildman–Crippen LogP) is 4.24. The number of benzene rings is 3. The molecule has 25 heavy (non-hydrogen) atoms. The molecule has 1 atom stereocenters. The van der Waals surface area contributed by atoms with Gasteiger partial charge in [-0.05, 0) is 28.8 Å². The summed E-state index contributed by atoms with van der Waals surface area (Å²) in [7, 11) is 1.60. The van der Waals surface area contributed by atoms with Crippen LogP contribution in [0.25, 0.3) is 0 Å². The van der Waals surface area contributed by atoms with Gasteiger partial charge in [-0.2, -0.15) is 5.26 Å². The number of ether oxygens (including phenoxy) is 1. The van der Waals surface area contributed by atoms with Gasteiger partial charge in [0.25, 0.3) is 0 Å². The summed E-state index contributed by atoms with van der Waals surface area (Å²) >= 11 is 0. The molecule has 0 spiro atoms. The number of rotatable bonds is 5. The van der Waals surface area contributed by atoms with E-state index >= 15 is 0 Å². The van der Waals surface area contributed by atoms with Gasteiger partial charge in [0.05, 0.1) is 13.2 Å². The lowest BCUT2D eigenvalue weighted by Gasteiger charge is -2.34. The van der Waals surface area contributed by atoms with E-state index in [2.05, 4.69) is 6.07 Å². The van der Waals surface area contributed by atoms with Crippen molar-refractivity contribution in [1.29, 1.82) is 5.26 Å². The number of methoxy groups -OCH3 is 1. The highest BCUT2D eigenvalue weighted by Crippen LogP contribution is 2.42. The molecule has 3 heteroatoms. The van der Waals surface area contributed by atoms with Crippen LogP contribution in [0.4, 0.5) is 0 Å². The second-order valence-electron chi connectivity index (χ2n) is 5.83. The van der Waals surface area contributed by atoms with Crippen LogP contribution in [0.3, 0.4) is 0 Å². The van der Waals surface area contributed by atoms with E-state index in [4.69, 9.17) is 4.74 Å². The fourth-order valence-electron chi connectivity index (χ4n) is 3.09. The van der Waals surface area contributed by atoms with E-state index in [1.165, 1.54) is 0 Å². The highest BCUT2D eigenvalue weighted by molar-refractivity contribution is 5.45. The lowest BCUT2D eigenvalue weighted by Crippen LogP contribution is -2.34. The van der Waals surface area contributed by atoms with Crippen molar-refractivity contribution in [2.75, 3.05) is 7.11 Å². The van der Waals surface area contributed by atoms with Crippen LogP contribution >= 0.6 is 0 Å². The summed E-state index contributed by atoms with van der Waals surface area (Å²) in [5.74, 6) is -0.0494. The molecule has 0 aliphatic carbocycles. The van der Waals surface area contributed by atoms with Crippen molar-refractivity contribution >= 4 is 0 Å². The summed E-state index contributed by atoms with van der Waals surface area (Å²) in [5, 5.41) is 21.7. The number of nitriles is 1. The Morgan fingerprint density at radius 2 is 1.32 bits per heavy atom. The normalized spacial score (nSPS) is 12.2. The molecule has 0 heterocycles. The number of aliphatic hydroxyl groups is 1. The van der Waals surface area contributed by atoms with Gasteiger partial charge >= 0.3 is 0 Å². The molecule has 0 aliphatic rings. The van der Waals surface area contributed by atoms with E-state index in [-0.39, 0.29) is 0 Å². The summed E-state index contributed by atoms with van der Waals surface area (Å²) in [5.41, 5.74) is 0.650. The van der Waals surface area contributed by atoms with Crippen LogP contribution in [0.15, 0.2) is 84.9 Å². The van der Waals surface area contributed by atoms with E-state index in [0.717, 1.165) is 5.56 Å². The van der Waals surface area contributed by atoms with E-state index in [1.54, 1.807) is 19.2 Å². The van der Waals surface area contributed by atoms with Crippen molar-refractivity contribution in [2.45, 2.75) is 11.5 Å². The molecule has 0 aromatic heterocycles. The Morgan fingerprint density at radius 3 is 1.72 bits per heavy atom. The first-order valence-corrected chi connectivity index (χ1v) is 8.07. The number of hydrogen-bond donors (Lipinski definition) is 1. The maximum Gasteiger partial charge on any atom is 0.134 e. The standard InChI is InChI=1S/C22H19NO2/c1-25-20-14-12-17(13-15-20)21(16-23)22(24,18-8-4-2-5-9-18)19-10-6-3-7-11-19/h2-15,21,24H,1H3/t21-/m0/s1. The highest BCUT2D eigenvalue weighted by Gasteiger charge is 2.41. The van der Waals surface area contributed by atoms with Crippen molar-refractivity contribution in [3.8, 4) is 11.8 Å². The Morgan fingerprint density at radius 1 is 0.840 bits per heavy atom. The van der Waals surface area contributed by atoms with Gasteiger partial charge in [-0.1, -0.05) is 72.8 Å². The molecular formula is C22H19NO2. The average Bonchev–Trinajstić information content (AvgIpc) is 2.70. The van der Waals surface area contributed by atoms with Crippen molar-refractivity contribution in [3.05, 3.63) is 102 Å². The largest absolute Gasteiger partial charge is 0.497 e. The minimum absolute atomic E-state index is 0.684. The molecular weight excluding hydrogens is 310 g/mol. The predicted molar refractivity (Wildman–Crippen MR) is 97.2 cm³/mol. The third kappa shape index (κ3) is 3.13. The molecule has 0 unspecified atom stereocenters. The first kappa shape index (κ1) is 16.8. The second kappa shape index (κ2) is 7.21. The Balaban J connectivity index is 2.17. The van der Waals surface area contributed by atoms with Crippen molar-refractivity contribution in [2.24, 2.45) is 0 Å². The molecule has 0 aliphatic heterocycles. The summed E-state index contributed by atoms with van der Waals surface area (Å²) < 4.78 is 5.19. The van der Waals surface area contributed by atoms with Crippen molar-refractivity contribution in [1.82, 2.24) is 0 Å². The van der Waals surface area contributed by atoms with Gasteiger partial charge in [-0.25, -0.2) is 0 Å². The van der Waals surface area contributed by atoms with Crippen LogP contribution in [-0.4, -0.2) is 12.2 Å². The highest BCUT2D eigenvalue weighted by atomic mass is 16.5. The monoisotopic (exact) mass is 329 g/mol. The SMILES string of the molecule is COc1ccc([C@H](C#N)C(O)(c2ccccc2)c2ccccc2)cc1. The molecule has 1 N–H and O–H groups in total. The average molecular weight is 329 g/mol. The zero-order valence-corrected chi connectivity index (χ0v) is 14.0. The molecule has 3 aromatic rings. The van der Waals surface area contributed by atoms with E-state index < -0.39 is 11.5 Å². The minimum atomic E-state index is -1.45.